The topological polar surface area (TPSA) is 35.5 Å². The second kappa shape index (κ2) is 6.37. The second-order valence-electron chi connectivity index (χ2n) is 6.31. The zero-order chi connectivity index (χ0) is 18.1. The van der Waals surface area contributed by atoms with Crippen molar-refractivity contribution < 1.29 is 22.8 Å². The Bertz CT molecular complexity index is 637. The van der Waals surface area contributed by atoms with Crippen molar-refractivity contribution in [1.82, 2.24) is 0 Å². The summed E-state index contributed by atoms with van der Waals surface area (Å²) in [6.45, 7) is -0.130. The van der Waals surface area contributed by atoms with Crippen molar-refractivity contribution in [2.75, 3.05) is 20.3 Å². The van der Waals surface area contributed by atoms with E-state index in [1.807, 2.05) is 12.1 Å². The highest BCUT2D eigenvalue weighted by molar-refractivity contribution is 6.05. The molecule has 1 aromatic carbocycles. The maximum atomic E-state index is 13.0. The van der Waals surface area contributed by atoms with E-state index in [4.69, 9.17) is 13.6 Å². The maximum absolute atomic E-state index is 13.0. The number of hydrogen-bond donors (Lipinski definition) is 0. The maximum Gasteiger partial charge on any atom is 0.169 e. The number of fused-ring (bicyclic) bond motifs is 1. The van der Waals surface area contributed by atoms with Gasteiger partial charge in [0.2, 0.25) is 0 Å². The number of benzene rings is 1. The summed E-state index contributed by atoms with van der Waals surface area (Å²) in [5.41, 5.74) is 1.26. The molecule has 0 unspecified atom stereocenters. The monoisotopic (exact) mass is 309 g/mol. The molecule has 1 aromatic rings. The van der Waals surface area contributed by atoms with E-state index < -0.39 is 19.1 Å². The van der Waals surface area contributed by atoms with Gasteiger partial charge in [0, 0.05) is 24.4 Å². The predicted octanol–water partition coefficient (Wildman–Crippen LogP) is 3.74. The second-order valence-corrected chi connectivity index (χ2v) is 6.31. The molecule has 2 aliphatic carbocycles. The number of Topliss-reactive ketones (excluding diaryl/α,β-unsaturated/α-hetero) is 1. The first kappa shape index (κ1) is 12.1. The van der Waals surface area contributed by atoms with Crippen molar-refractivity contribution >= 4 is 5.78 Å². The minimum Gasteiger partial charge on any atom is -0.493 e. The average molecular weight is 309 g/mol. The van der Waals surface area contributed by atoms with E-state index in [1.165, 1.54) is 0 Å². The van der Waals surface area contributed by atoms with Gasteiger partial charge in [-0.1, -0.05) is 6.07 Å². The molecule has 0 atom stereocenters. The van der Waals surface area contributed by atoms with Gasteiger partial charge in [0.25, 0.3) is 0 Å². The molecule has 0 N–H and O–H groups in total. The number of hydrogen-bond acceptors (Lipinski definition) is 3. The fourth-order valence-electron chi connectivity index (χ4n) is 3.65. The van der Waals surface area contributed by atoms with Gasteiger partial charge in [-0.05, 0) is 49.8 Å². The molecule has 0 radical (unpaired) electrons. The predicted molar refractivity (Wildman–Crippen MR) is 82.3 cm³/mol. The summed E-state index contributed by atoms with van der Waals surface area (Å²) in [7, 11) is -2.39. The van der Waals surface area contributed by atoms with E-state index in [-0.39, 0.29) is 11.9 Å². The summed E-state index contributed by atoms with van der Waals surface area (Å²) in [5.74, 6) is 0.711. The third-order valence-electron chi connectivity index (χ3n) is 4.94. The summed E-state index contributed by atoms with van der Waals surface area (Å²) in [6, 6.07) is 5.50. The number of methoxy groups -OCH3 is 1. The van der Waals surface area contributed by atoms with Gasteiger partial charge < -0.3 is 9.47 Å². The smallest absolute Gasteiger partial charge is 0.169 e. The summed E-state index contributed by atoms with van der Waals surface area (Å²) < 4.78 is 44.4. The van der Waals surface area contributed by atoms with Crippen LogP contribution in [0.25, 0.3) is 0 Å². The van der Waals surface area contributed by atoms with Crippen molar-refractivity contribution in [3.05, 3.63) is 29.3 Å². The largest absolute Gasteiger partial charge is 0.493 e. The van der Waals surface area contributed by atoms with Crippen LogP contribution in [0.2, 0.25) is 0 Å². The van der Waals surface area contributed by atoms with E-state index in [0.29, 0.717) is 56.4 Å². The van der Waals surface area contributed by atoms with Gasteiger partial charge in [-0.25, -0.2) is 0 Å². The van der Waals surface area contributed by atoms with E-state index in [2.05, 4.69) is 0 Å². The fourth-order valence-corrected chi connectivity index (χ4v) is 3.65. The molecular formula is C18H23FO3. The molecule has 0 amide bonds. The van der Waals surface area contributed by atoms with Crippen molar-refractivity contribution in [2.24, 2.45) is 5.41 Å². The van der Waals surface area contributed by atoms with Gasteiger partial charge >= 0.3 is 0 Å². The molecule has 1 spiro atoms. The van der Waals surface area contributed by atoms with Crippen LogP contribution >= 0.6 is 0 Å². The molecule has 0 heterocycles. The number of carbonyl (C=O) groups excluding carboxylic acids is 1. The highest BCUT2D eigenvalue weighted by Gasteiger charge is 2.47. The quantitative estimate of drug-likeness (QED) is 0.777. The van der Waals surface area contributed by atoms with E-state index in [9.17, 15) is 9.18 Å². The van der Waals surface area contributed by atoms with Gasteiger partial charge in [0.05, 0.1) is 23.5 Å². The summed E-state index contributed by atoms with van der Waals surface area (Å²) >= 11 is 0. The summed E-state index contributed by atoms with van der Waals surface area (Å²) in [4.78, 5) is 13.0. The highest BCUT2D eigenvalue weighted by atomic mass is 19.1. The van der Waals surface area contributed by atoms with E-state index in [1.54, 1.807) is 6.07 Å². The first-order valence-electron chi connectivity index (χ1n) is 9.37. The molecule has 2 aliphatic rings. The summed E-state index contributed by atoms with van der Waals surface area (Å²) in [6.07, 6.45) is 3.15. The average Bonchev–Trinajstić information content (AvgIpc) is 2.81. The number of rotatable bonds is 5. The van der Waals surface area contributed by atoms with Crippen molar-refractivity contribution in [3.63, 3.8) is 0 Å². The molecule has 22 heavy (non-hydrogen) atoms. The Morgan fingerprint density at radius 1 is 1.41 bits per heavy atom. The van der Waals surface area contributed by atoms with Crippen molar-refractivity contribution in [1.29, 1.82) is 0 Å². The normalized spacial score (nSPS) is 29.8. The van der Waals surface area contributed by atoms with Crippen LogP contribution in [0.4, 0.5) is 4.39 Å². The number of ketones is 1. The van der Waals surface area contributed by atoms with Gasteiger partial charge in [-0.15, -0.1) is 0 Å². The van der Waals surface area contributed by atoms with Crippen molar-refractivity contribution in [2.45, 2.75) is 44.6 Å². The standard InChI is InChI=1S/C18H23FO3/c1-21-14-5-7-18(8-6-14)12-13-3-4-15(22-10-2-9-19)11-16(13)17(18)20/h3-4,11,14H,2,5-10,12H2,1H3/t14-,18-/i1D3. The third-order valence-corrected chi connectivity index (χ3v) is 4.94. The van der Waals surface area contributed by atoms with Crippen LogP contribution in [-0.4, -0.2) is 32.2 Å². The zero-order valence-electron chi connectivity index (χ0n) is 15.6. The molecule has 0 aromatic heterocycles. The lowest BCUT2D eigenvalue weighted by Crippen LogP contribution is -2.35. The van der Waals surface area contributed by atoms with Gasteiger partial charge in [0.1, 0.15) is 5.75 Å². The Hall–Kier alpha value is -1.42. The lowest BCUT2D eigenvalue weighted by atomic mass is 9.70. The van der Waals surface area contributed by atoms with Crippen LogP contribution < -0.4 is 4.74 Å². The fraction of sp³-hybridized carbons (Fsp3) is 0.611. The minimum atomic E-state index is -2.39. The first-order chi connectivity index (χ1) is 11.8. The van der Waals surface area contributed by atoms with Crippen LogP contribution in [-0.2, 0) is 11.2 Å². The van der Waals surface area contributed by atoms with Gasteiger partial charge in [-0.2, -0.15) is 0 Å². The van der Waals surface area contributed by atoms with Crippen molar-refractivity contribution in [3.8, 4) is 5.75 Å². The van der Waals surface area contributed by atoms with Crippen LogP contribution in [0.5, 0.6) is 5.75 Å². The number of halogens is 1. The number of ether oxygens (including phenoxy) is 2. The van der Waals surface area contributed by atoms with Crippen LogP contribution in [0.1, 0.15) is 52.1 Å². The Labute approximate surface area is 135 Å². The molecule has 1 saturated carbocycles. The molecule has 0 aliphatic heterocycles. The molecule has 0 bridgehead atoms. The Balaban J connectivity index is 1.67. The molecular weight excluding hydrogens is 283 g/mol. The zero-order valence-corrected chi connectivity index (χ0v) is 12.6. The third kappa shape index (κ3) is 2.76. The van der Waals surface area contributed by atoms with Crippen LogP contribution in [0.3, 0.4) is 0 Å². The Morgan fingerprint density at radius 2 is 2.23 bits per heavy atom. The number of carbonyl (C=O) groups is 1. The molecule has 3 nitrogen and oxygen atoms in total. The lowest BCUT2D eigenvalue weighted by Gasteiger charge is -2.35. The molecule has 120 valence electrons. The Morgan fingerprint density at radius 3 is 2.95 bits per heavy atom. The summed E-state index contributed by atoms with van der Waals surface area (Å²) in [5, 5.41) is 0. The first-order valence-corrected chi connectivity index (χ1v) is 7.87. The van der Waals surface area contributed by atoms with Gasteiger partial charge in [0.15, 0.2) is 5.78 Å². The molecule has 0 saturated heterocycles. The Kier molecular flexibility index (Phi) is 3.49. The minimum absolute atomic E-state index is 0.116. The highest BCUT2D eigenvalue weighted by Crippen LogP contribution is 2.48. The van der Waals surface area contributed by atoms with Crippen LogP contribution in [0, 0.1) is 5.41 Å². The van der Waals surface area contributed by atoms with Gasteiger partial charge in [-0.3, -0.25) is 9.18 Å². The molecule has 1 fully saturated rings. The van der Waals surface area contributed by atoms with Crippen LogP contribution in [0.15, 0.2) is 18.2 Å². The number of alkyl halides is 1. The van der Waals surface area contributed by atoms with E-state index >= 15 is 0 Å². The SMILES string of the molecule is [2H]C([2H])([2H])O[C@H]1CC[C@]2(CC1)Cc1ccc(OCCCF)cc1C2=O. The molecule has 3 rings (SSSR count). The molecule has 4 heteroatoms. The van der Waals surface area contributed by atoms with E-state index in [0.717, 1.165) is 5.56 Å². The lowest BCUT2D eigenvalue weighted by molar-refractivity contribution is 0.0285.